The second kappa shape index (κ2) is 10.8. The summed E-state index contributed by atoms with van der Waals surface area (Å²) in [5, 5.41) is 3.11. The first kappa shape index (κ1) is 25.7. The largest absolute Gasteiger partial charge is 0.453 e. The van der Waals surface area contributed by atoms with Crippen LogP contribution < -0.4 is 5.32 Å². The fourth-order valence-corrected chi connectivity index (χ4v) is 6.75. The molecule has 3 atom stereocenters. The lowest BCUT2D eigenvalue weighted by Crippen LogP contribution is -2.45. The van der Waals surface area contributed by atoms with E-state index in [1.54, 1.807) is 11.0 Å². The van der Waals surface area contributed by atoms with Gasteiger partial charge in [-0.15, -0.1) is 0 Å². The Labute approximate surface area is 218 Å². The Morgan fingerprint density at radius 3 is 2.65 bits per heavy atom. The van der Waals surface area contributed by atoms with Crippen molar-refractivity contribution in [2.45, 2.75) is 89.5 Å². The zero-order chi connectivity index (χ0) is 26.1. The Morgan fingerprint density at radius 1 is 1.22 bits per heavy atom. The molecular formula is C28H38FN5O3. The fourth-order valence-electron chi connectivity index (χ4n) is 6.75. The minimum atomic E-state index is -0.295. The van der Waals surface area contributed by atoms with Gasteiger partial charge in [0.2, 0.25) is 5.91 Å². The van der Waals surface area contributed by atoms with E-state index in [9.17, 15) is 14.0 Å². The van der Waals surface area contributed by atoms with Gasteiger partial charge in [-0.05, 0) is 56.7 Å². The van der Waals surface area contributed by atoms with Crippen molar-refractivity contribution in [1.29, 1.82) is 0 Å². The Kier molecular flexibility index (Phi) is 7.51. The second-order valence-electron chi connectivity index (χ2n) is 10.6. The number of carbonyl (C=O) groups excluding carboxylic acids is 2. The number of nitrogens with zero attached hydrogens (tertiary/aromatic N) is 4. The Morgan fingerprint density at radius 2 is 1.97 bits per heavy atom. The highest BCUT2D eigenvalue weighted by molar-refractivity contribution is 5.76. The number of methoxy groups -OCH3 is 1. The predicted octanol–water partition coefficient (Wildman–Crippen LogP) is 4.28. The number of amides is 2. The van der Waals surface area contributed by atoms with E-state index in [-0.39, 0.29) is 23.9 Å². The Hall–Kier alpha value is -2.94. The Balaban J connectivity index is 1.27. The van der Waals surface area contributed by atoms with Crippen molar-refractivity contribution < 1.29 is 18.7 Å². The molecule has 9 heteroatoms. The minimum Gasteiger partial charge on any atom is -0.453 e. The maximum atomic E-state index is 13.9. The molecule has 3 aliphatic rings. The van der Waals surface area contributed by atoms with Crippen LogP contribution in [0.5, 0.6) is 0 Å². The third-order valence-electron chi connectivity index (χ3n) is 8.47. The van der Waals surface area contributed by atoms with Gasteiger partial charge in [-0.3, -0.25) is 9.69 Å². The molecule has 8 nitrogen and oxygen atoms in total. The molecule has 3 aliphatic heterocycles. The molecule has 0 radical (unpaired) electrons. The van der Waals surface area contributed by atoms with E-state index in [1.165, 1.54) is 37.8 Å². The number of nitrogens with one attached hydrogen (secondary N) is 1. The van der Waals surface area contributed by atoms with E-state index in [1.807, 2.05) is 13.0 Å². The Bertz CT molecular complexity index is 1140. The number of ether oxygens (including phenoxy) is 1. The number of fused-ring (bicyclic) bond motifs is 3. The van der Waals surface area contributed by atoms with Crippen LogP contribution in [0.3, 0.4) is 0 Å². The highest BCUT2D eigenvalue weighted by atomic mass is 19.1. The summed E-state index contributed by atoms with van der Waals surface area (Å²) >= 11 is 0. The SMILES string of the molecule is CCC(=O)N[C@@H](CCN1C2CCC1CC(n1c(C)nc3c1CCN(C(=O)OC)C3)C2)c1cccc(F)c1. The summed E-state index contributed by atoms with van der Waals surface area (Å²) in [4.78, 5) is 33.4. The lowest BCUT2D eigenvalue weighted by atomic mass is 9.94. The molecule has 5 rings (SSSR count). The van der Waals surface area contributed by atoms with E-state index in [0.717, 1.165) is 49.3 Å². The molecule has 4 heterocycles. The van der Waals surface area contributed by atoms with Gasteiger partial charge in [-0.2, -0.15) is 0 Å². The number of hydrogen-bond acceptors (Lipinski definition) is 5. The monoisotopic (exact) mass is 511 g/mol. The molecule has 2 fully saturated rings. The second-order valence-corrected chi connectivity index (χ2v) is 10.6. The highest BCUT2D eigenvalue weighted by Gasteiger charge is 2.42. The molecule has 2 saturated heterocycles. The van der Waals surface area contributed by atoms with Crippen LogP contribution in [0.2, 0.25) is 0 Å². The zero-order valence-electron chi connectivity index (χ0n) is 22.1. The number of halogens is 1. The zero-order valence-corrected chi connectivity index (χ0v) is 22.1. The summed E-state index contributed by atoms with van der Waals surface area (Å²) in [5.74, 6) is 0.743. The number of imidazole rings is 1. The topological polar surface area (TPSA) is 79.7 Å². The van der Waals surface area contributed by atoms with E-state index in [2.05, 4.69) is 21.7 Å². The number of aromatic nitrogens is 2. The van der Waals surface area contributed by atoms with Gasteiger partial charge in [0.25, 0.3) is 0 Å². The van der Waals surface area contributed by atoms with Crippen molar-refractivity contribution in [3.63, 3.8) is 0 Å². The number of hydrogen-bond donors (Lipinski definition) is 1. The van der Waals surface area contributed by atoms with Crippen LogP contribution in [0.4, 0.5) is 9.18 Å². The first-order valence-electron chi connectivity index (χ1n) is 13.6. The summed E-state index contributed by atoms with van der Waals surface area (Å²) in [6.07, 6.45) is 6.19. The van der Waals surface area contributed by atoms with Crippen molar-refractivity contribution in [3.8, 4) is 0 Å². The van der Waals surface area contributed by atoms with Gasteiger partial charge in [0.15, 0.2) is 0 Å². The van der Waals surface area contributed by atoms with Gasteiger partial charge in [0, 0.05) is 49.8 Å². The molecule has 37 heavy (non-hydrogen) atoms. The van der Waals surface area contributed by atoms with Crippen molar-refractivity contribution in [2.75, 3.05) is 20.2 Å². The molecule has 2 amide bonds. The van der Waals surface area contributed by atoms with Gasteiger partial charge < -0.3 is 19.5 Å². The molecule has 0 saturated carbocycles. The molecule has 2 unspecified atom stereocenters. The standard InChI is InChI=1S/C28H38FN5O3/c1-4-27(35)31-24(19-6-5-7-20(29)14-19)10-13-33-21-8-9-22(33)16-23(15-21)34-18(2)30-25-17-32(28(36)37-3)12-11-26(25)34/h5-7,14,21-24H,4,8-13,15-17H2,1-3H3,(H,31,35)/t21?,22?,23?,24-/m0/s1. The van der Waals surface area contributed by atoms with Crippen LogP contribution >= 0.6 is 0 Å². The van der Waals surface area contributed by atoms with Crippen LogP contribution in [0.25, 0.3) is 0 Å². The number of rotatable bonds is 7. The summed E-state index contributed by atoms with van der Waals surface area (Å²) in [7, 11) is 1.42. The summed E-state index contributed by atoms with van der Waals surface area (Å²) in [5.41, 5.74) is 3.09. The maximum absolute atomic E-state index is 13.9. The first-order valence-corrected chi connectivity index (χ1v) is 13.6. The normalized spacial score (nSPS) is 24.0. The van der Waals surface area contributed by atoms with Crippen molar-refractivity contribution in [2.24, 2.45) is 0 Å². The smallest absolute Gasteiger partial charge is 0.409 e. The van der Waals surface area contributed by atoms with E-state index in [4.69, 9.17) is 9.72 Å². The number of aryl methyl sites for hydroxylation is 1. The van der Waals surface area contributed by atoms with Gasteiger partial charge in [-0.1, -0.05) is 19.1 Å². The van der Waals surface area contributed by atoms with Crippen LogP contribution in [-0.4, -0.2) is 63.6 Å². The molecule has 1 aromatic carbocycles. The van der Waals surface area contributed by atoms with Crippen LogP contribution in [0.15, 0.2) is 24.3 Å². The minimum absolute atomic E-state index is 0.0120. The summed E-state index contributed by atoms with van der Waals surface area (Å²) in [6, 6.07) is 7.79. The van der Waals surface area contributed by atoms with Crippen molar-refractivity contribution in [1.82, 2.24) is 24.7 Å². The van der Waals surface area contributed by atoms with Gasteiger partial charge in [0.05, 0.1) is 25.4 Å². The average Bonchev–Trinajstić information content (AvgIpc) is 3.35. The van der Waals surface area contributed by atoms with Crippen LogP contribution in [0, 0.1) is 12.7 Å². The van der Waals surface area contributed by atoms with Gasteiger partial charge in [-0.25, -0.2) is 14.2 Å². The maximum Gasteiger partial charge on any atom is 0.409 e. The first-order chi connectivity index (χ1) is 17.9. The van der Waals surface area contributed by atoms with Gasteiger partial charge >= 0.3 is 6.09 Å². The number of carbonyl (C=O) groups is 2. The van der Waals surface area contributed by atoms with Crippen molar-refractivity contribution in [3.05, 3.63) is 52.9 Å². The average molecular weight is 512 g/mol. The summed E-state index contributed by atoms with van der Waals surface area (Å²) in [6.45, 7) is 5.96. The van der Waals surface area contributed by atoms with E-state index in [0.29, 0.717) is 37.6 Å². The lowest BCUT2D eigenvalue weighted by Gasteiger charge is -2.41. The number of piperidine rings is 1. The van der Waals surface area contributed by atoms with Gasteiger partial charge in [0.1, 0.15) is 11.6 Å². The molecular weight excluding hydrogens is 473 g/mol. The molecule has 1 N–H and O–H groups in total. The quantitative estimate of drug-likeness (QED) is 0.600. The van der Waals surface area contributed by atoms with E-state index < -0.39 is 0 Å². The third-order valence-corrected chi connectivity index (χ3v) is 8.47. The third kappa shape index (κ3) is 5.23. The molecule has 2 bridgehead atoms. The molecule has 2 aromatic rings. The summed E-state index contributed by atoms with van der Waals surface area (Å²) < 4.78 is 21.3. The fraction of sp³-hybridized carbons (Fsp3) is 0.607. The van der Waals surface area contributed by atoms with Crippen LogP contribution in [-0.2, 0) is 22.5 Å². The molecule has 0 spiro atoms. The predicted molar refractivity (Wildman–Crippen MR) is 137 cm³/mol. The molecule has 200 valence electrons. The lowest BCUT2D eigenvalue weighted by molar-refractivity contribution is -0.121. The van der Waals surface area contributed by atoms with E-state index >= 15 is 0 Å². The van der Waals surface area contributed by atoms with Crippen molar-refractivity contribution >= 4 is 12.0 Å². The molecule has 1 aromatic heterocycles. The van der Waals surface area contributed by atoms with Crippen LogP contribution in [0.1, 0.15) is 80.3 Å². The number of benzene rings is 1. The highest BCUT2D eigenvalue weighted by Crippen LogP contribution is 2.43. The molecule has 0 aliphatic carbocycles.